The van der Waals surface area contributed by atoms with Crippen molar-refractivity contribution in [1.29, 1.82) is 0 Å². The number of hydrogen-bond acceptors (Lipinski definition) is 6. The molecule has 0 fully saturated rings. The molecule has 0 aliphatic carbocycles. The van der Waals surface area contributed by atoms with E-state index >= 15 is 0 Å². The number of aromatic nitrogens is 3. The molecule has 2 N–H and O–H groups in total. The van der Waals surface area contributed by atoms with Crippen LogP contribution in [0.2, 0.25) is 0 Å². The Hall–Kier alpha value is -2.08. The molecule has 8 nitrogen and oxygen atoms in total. The van der Waals surface area contributed by atoms with E-state index in [1.54, 1.807) is 0 Å². The fourth-order valence-corrected chi connectivity index (χ4v) is 1.20. The monoisotopic (exact) mass is 264 g/mol. The minimum Gasteiger partial charge on any atom is -0.354 e. The summed E-state index contributed by atoms with van der Waals surface area (Å²) in [6.07, 6.45) is 0. The van der Waals surface area contributed by atoms with Crippen molar-refractivity contribution in [2.24, 2.45) is 17.0 Å². The van der Waals surface area contributed by atoms with Gasteiger partial charge in [-0.2, -0.15) is 15.0 Å². The zero-order valence-corrected chi connectivity index (χ0v) is 11.8. The van der Waals surface area contributed by atoms with Crippen LogP contribution in [0.3, 0.4) is 0 Å². The van der Waals surface area contributed by atoms with Crippen LogP contribution in [0, 0.1) is 11.8 Å². The molecule has 0 atom stereocenters. The molecule has 0 radical (unpaired) electrons. The van der Waals surface area contributed by atoms with Gasteiger partial charge in [0.2, 0.25) is 17.8 Å². The minimum absolute atomic E-state index is 0.0648. The standard InChI is InChI=1S/C11H20N8/c1-7(2)5-13-9-15-10(14-6-8(3)4)17-11(16-9)18-19-12/h7-8H,5-6H2,1-4H3,(H2,13,14,15,16,17). The number of nitrogens with zero attached hydrogens (tertiary/aromatic N) is 6. The lowest BCUT2D eigenvalue weighted by molar-refractivity contribution is 0.679. The summed E-state index contributed by atoms with van der Waals surface area (Å²) in [6, 6.07) is 0. The average molecular weight is 264 g/mol. The van der Waals surface area contributed by atoms with Crippen LogP contribution in [0.25, 0.3) is 10.4 Å². The number of rotatable bonds is 7. The van der Waals surface area contributed by atoms with Crippen LogP contribution in [0.4, 0.5) is 17.8 Å². The second-order valence-corrected chi connectivity index (χ2v) is 5.02. The second-order valence-electron chi connectivity index (χ2n) is 5.02. The smallest absolute Gasteiger partial charge is 0.227 e. The summed E-state index contributed by atoms with van der Waals surface area (Å²) in [5, 5.41) is 9.59. The SMILES string of the molecule is CC(C)CNc1nc(N=[N+]=[N-])nc(NCC(C)C)n1. The highest BCUT2D eigenvalue weighted by Crippen LogP contribution is 2.12. The molecule has 1 aromatic heterocycles. The molecule has 0 amide bonds. The Morgan fingerprint density at radius 1 is 1.00 bits per heavy atom. The van der Waals surface area contributed by atoms with E-state index in [-0.39, 0.29) is 5.95 Å². The highest BCUT2D eigenvalue weighted by Gasteiger charge is 2.06. The van der Waals surface area contributed by atoms with Gasteiger partial charge in [-0.05, 0) is 22.5 Å². The fourth-order valence-electron chi connectivity index (χ4n) is 1.20. The highest BCUT2D eigenvalue weighted by molar-refractivity contribution is 5.39. The maximum absolute atomic E-state index is 8.45. The zero-order chi connectivity index (χ0) is 14.3. The normalized spacial score (nSPS) is 10.4. The Bertz CT molecular complexity index is 420. The summed E-state index contributed by atoms with van der Waals surface area (Å²) in [7, 11) is 0. The van der Waals surface area contributed by atoms with Crippen LogP contribution in [0.5, 0.6) is 0 Å². The average Bonchev–Trinajstić information content (AvgIpc) is 2.34. The molecule has 0 saturated heterocycles. The molecule has 19 heavy (non-hydrogen) atoms. The number of nitrogens with one attached hydrogen (secondary N) is 2. The van der Waals surface area contributed by atoms with Gasteiger partial charge < -0.3 is 10.6 Å². The molecule has 0 aromatic carbocycles. The summed E-state index contributed by atoms with van der Waals surface area (Å²) in [5.41, 5.74) is 8.45. The van der Waals surface area contributed by atoms with Crippen molar-refractivity contribution in [3.63, 3.8) is 0 Å². The van der Waals surface area contributed by atoms with Gasteiger partial charge >= 0.3 is 0 Å². The predicted molar refractivity (Wildman–Crippen MR) is 75.3 cm³/mol. The Morgan fingerprint density at radius 3 is 1.84 bits per heavy atom. The largest absolute Gasteiger partial charge is 0.354 e. The molecule has 0 aliphatic heterocycles. The molecule has 104 valence electrons. The van der Waals surface area contributed by atoms with Gasteiger partial charge in [-0.3, -0.25) is 0 Å². The van der Waals surface area contributed by atoms with Crippen LogP contribution in [-0.4, -0.2) is 28.0 Å². The summed E-state index contributed by atoms with van der Waals surface area (Å²) in [5.74, 6) is 1.82. The first-order valence-corrected chi connectivity index (χ1v) is 6.30. The van der Waals surface area contributed by atoms with Crippen LogP contribution in [0.15, 0.2) is 5.11 Å². The maximum atomic E-state index is 8.45. The van der Waals surface area contributed by atoms with E-state index in [1.165, 1.54) is 0 Å². The van der Waals surface area contributed by atoms with Gasteiger partial charge in [0.15, 0.2) is 0 Å². The van der Waals surface area contributed by atoms with Gasteiger partial charge in [0.05, 0.1) is 0 Å². The van der Waals surface area contributed by atoms with Crippen molar-refractivity contribution < 1.29 is 0 Å². The van der Waals surface area contributed by atoms with Crippen molar-refractivity contribution in [1.82, 2.24) is 15.0 Å². The number of anilines is 2. The van der Waals surface area contributed by atoms with E-state index in [0.717, 1.165) is 13.1 Å². The minimum atomic E-state index is 0.0648. The number of hydrogen-bond donors (Lipinski definition) is 2. The first kappa shape index (κ1) is 15.0. The van der Waals surface area contributed by atoms with E-state index < -0.39 is 0 Å². The molecular weight excluding hydrogens is 244 g/mol. The molecule has 1 aromatic rings. The topological polar surface area (TPSA) is 111 Å². The van der Waals surface area contributed by atoms with Gasteiger partial charge in [0, 0.05) is 18.0 Å². The van der Waals surface area contributed by atoms with Crippen LogP contribution < -0.4 is 10.6 Å². The molecule has 0 aliphatic rings. The molecule has 0 bridgehead atoms. The Balaban J connectivity index is 2.86. The third kappa shape index (κ3) is 5.87. The zero-order valence-electron chi connectivity index (χ0n) is 11.8. The molecule has 0 spiro atoms. The maximum Gasteiger partial charge on any atom is 0.227 e. The first-order valence-electron chi connectivity index (χ1n) is 6.30. The van der Waals surface area contributed by atoms with Crippen LogP contribution >= 0.6 is 0 Å². The number of azide groups is 1. The summed E-state index contributed by atoms with van der Waals surface area (Å²) < 4.78 is 0. The van der Waals surface area contributed by atoms with Gasteiger partial charge in [-0.1, -0.05) is 27.7 Å². The first-order chi connectivity index (χ1) is 9.01. The van der Waals surface area contributed by atoms with E-state index in [0.29, 0.717) is 23.7 Å². The van der Waals surface area contributed by atoms with E-state index in [2.05, 4.69) is 63.3 Å². The summed E-state index contributed by atoms with van der Waals surface area (Å²) >= 11 is 0. The Morgan fingerprint density at radius 2 is 1.47 bits per heavy atom. The fraction of sp³-hybridized carbons (Fsp3) is 0.727. The van der Waals surface area contributed by atoms with Crippen LogP contribution in [0.1, 0.15) is 27.7 Å². The third-order valence-electron chi connectivity index (χ3n) is 2.09. The van der Waals surface area contributed by atoms with Crippen molar-refractivity contribution >= 4 is 17.8 Å². The third-order valence-corrected chi connectivity index (χ3v) is 2.09. The highest BCUT2D eigenvalue weighted by atomic mass is 15.3. The lowest BCUT2D eigenvalue weighted by Gasteiger charge is -2.11. The van der Waals surface area contributed by atoms with E-state index in [9.17, 15) is 0 Å². The molecule has 8 heteroatoms. The molecule has 1 heterocycles. The van der Waals surface area contributed by atoms with Crippen molar-refractivity contribution in [2.75, 3.05) is 23.7 Å². The quantitative estimate of drug-likeness (QED) is 0.446. The van der Waals surface area contributed by atoms with E-state index in [4.69, 9.17) is 5.53 Å². The summed E-state index contributed by atoms with van der Waals surface area (Å²) in [4.78, 5) is 15.0. The second kappa shape index (κ2) is 7.38. The lowest BCUT2D eigenvalue weighted by Crippen LogP contribution is -2.14. The predicted octanol–water partition coefficient (Wildman–Crippen LogP) is 2.95. The molecule has 0 unspecified atom stereocenters. The van der Waals surface area contributed by atoms with E-state index in [1.807, 2.05) is 0 Å². The lowest BCUT2D eigenvalue weighted by atomic mass is 10.2. The summed E-state index contributed by atoms with van der Waals surface area (Å²) in [6.45, 7) is 9.81. The van der Waals surface area contributed by atoms with Crippen molar-refractivity contribution in [2.45, 2.75) is 27.7 Å². The van der Waals surface area contributed by atoms with Gasteiger partial charge in [0.1, 0.15) is 0 Å². The molecule has 0 saturated carbocycles. The van der Waals surface area contributed by atoms with Crippen LogP contribution in [-0.2, 0) is 0 Å². The Labute approximate surface area is 112 Å². The van der Waals surface area contributed by atoms with Crippen molar-refractivity contribution in [3.05, 3.63) is 10.4 Å². The molecular formula is C11H20N8. The molecule has 1 rings (SSSR count). The van der Waals surface area contributed by atoms with Gasteiger partial charge in [-0.15, -0.1) is 0 Å². The van der Waals surface area contributed by atoms with Gasteiger partial charge in [-0.25, -0.2) is 0 Å². The van der Waals surface area contributed by atoms with Crippen molar-refractivity contribution in [3.8, 4) is 0 Å². The van der Waals surface area contributed by atoms with Gasteiger partial charge in [0.25, 0.3) is 0 Å². The Kier molecular flexibility index (Phi) is 5.81.